The van der Waals surface area contributed by atoms with Gasteiger partial charge in [-0.05, 0) is 71.0 Å². The molecule has 22 heavy (non-hydrogen) atoms. The lowest BCUT2D eigenvalue weighted by molar-refractivity contribution is 0.190. The summed E-state index contributed by atoms with van der Waals surface area (Å²) in [5, 5.41) is 6.88. The van der Waals surface area contributed by atoms with E-state index in [2.05, 4.69) is 41.5 Å². The Morgan fingerprint density at radius 2 is 1.91 bits per heavy atom. The molecule has 4 heteroatoms. The zero-order chi connectivity index (χ0) is 15.6. The van der Waals surface area contributed by atoms with E-state index in [1.54, 1.807) is 0 Å². The second-order valence-electron chi connectivity index (χ2n) is 6.78. The minimum absolute atomic E-state index is 0.535. The van der Waals surface area contributed by atoms with Crippen LogP contribution in [0, 0.1) is 5.92 Å². The molecule has 0 spiro atoms. The number of aliphatic imine (C=N–C) groups is 1. The van der Waals surface area contributed by atoms with Crippen molar-refractivity contribution in [2.75, 3.05) is 32.7 Å². The van der Waals surface area contributed by atoms with Crippen molar-refractivity contribution in [3.63, 3.8) is 0 Å². The van der Waals surface area contributed by atoms with Crippen LogP contribution in [-0.2, 0) is 0 Å². The molecule has 0 bridgehead atoms. The van der Waals surface area contributed by atoms with Crippen LogP contribution in [0.25, 0.3) is 0 Å². The molecule has 1 aliphatic carbocycles. The molecule has 0 amide bonds. The van der Waals surface area contributed by atoms with Gasteiger partial charge in [-0.3, -0.25) is 4.99 Å². The first-order valence-electron chi connectivity index (χ1n) is 9.20. The van der Waals surface area contributed by atoms with Crippen molar-refractivity contribution in [2.45, 2.75) is 58.4 Å². The minimum atomic E-state index is 0.535. The van der Waals surface area contributed by atoms with Gasteiger partial charge >= 0.3 is 0 Å². The van der Waals surface area contributed by atoms with Gasteiger partial charge < -0.3 is 15.5 Å². The van der Waals surface area contributed by atoms with Gasteiger partial charge in [0.15, 0.2) is 5.96 Å². The molecule has 0 radical (unpaired) electrons. The standard InChI is InChI=1S/C18H34N4/c1-3-19-18(21-17-8-4-5-9-17)20-12-6-7-13-22-14-10-16(2)11-15-22/h4-5,16-17H,3,6-15H2,1-2H3,(H2,19,20,21). The van der Waals surface area contributed by atoms with E-state index in [4.69, 9.17) is 4.99 Å². The monoisotopic (exact) mass is 306 g/mol. The lowest BCUT2D eigenvalue weighted by atomic mass is 9.99. The summed E-state index contributed by atoms with van der Waals surface area (Å²) in [4.78, 5) is 7.34. The zero-order valence-corrected chi connectivity index (χ0v) is 14.5. The van der Waals surface area contributed by atoms with Crippen LogP contribution in [0.5, 0.6) is 0 Å². The van der Waals surface area contributed by atoms with Crippen LogP contribution in [0.4, 0.5) is 0 Å². The van der Waals surface area contributed by atoms with Crippen LogP contribution in [0.3, 0.4) is 0 Å². The molecule has 4 nitrogen and oxygen atoms in total. The Morgan fingerprint density at radius 3 is 2.59 bits per heavy atom. The quantitative estimate of drug-likeness (QED) is 0.329. The molecule has 0 aromatic heterocycles. The second kappa shape index (κ2) is 9.88. The molecule has 0 saturated carbocycles. The highest BCUT2D eigenvalue weighted by Gasteiger charge is 2.14. The van der Waals surface area contributed by atoms with Crippen LogP contribution in [0.1, 0.15) is 52.4 Å². The number of piperidine rings is 1. The van der Waals surface area contributed by atoms with Gasteiger partial charge in [-0.15, -0.1) is 0 Å². The molecule has 1 aliphatic heterocycles. The molecular formula is C18H34N4. The highest BCUT2D eigenvalue weighted by atomic mass is 15.2. The Balaban J connectivity index is 1.59. The summed E-state index contributed by atoms with van der Waals surface area (Å²) in [7, 11) is 0. The fourth-order valence-electron chi connectivity index (χ4n) is 3.17. The summed E-state index contributed by atoms with van der Waals surface area (Å²) >= 11 is 0. The Morgan fingerprint density at radius 1 is 1.18 bits per heavy atom. The van der Waals surface area contributed by atoms with Crippen molar-refractivity contribution >= 4 is 5.96 Å². The average Bonchev–Trinajstić information content (AvgIpc) is 3.02. The number of likely N-dealkylation sites (tertiary alicyclic amines) is 1. The Labute approximate surface area is 136 Å². The summed E-state index contributed by atoms with van der Waals surface area (Å²) in [5.41, 5.74) is 0. The molecule has 1 heterocycles. The normalized spacial score (nSPS) is 21.5. The number of rotatable bonds is 7. The first-order chi connectivity index (χ1) is 10.8. The maximum Gasteiger partial charge on any atom is 0.191 e. The van der Waals surface area contributed by atoms with E-state index >= 15 is 0 Å². The largest absolute Gasteiger partial charge is 0.357 e. The Hall–Kier alpha value is -1.03. The number of nitrogens with zero attached hydrogens (tertiary/aromatic N) is 2. The third-order valence-corrected chi connectivity index (χ3v) is 4.72. The summed E-state index contributed by atoms with van der Waals surface area (Å²) in [6.45, 7) is 10.2. The highest BCUT2D eigenvalue weighted by molar-refractivity contribution is 5.80. The highest BCUT2D eigenvalue weighted by Crippen LogP contribution is 2.16. The second-order valence-corrected chi connectivity index (χ2v) is 6.78. The number of hydrogen-bond donors (Lipinski definition) is 2. The van der Waals surface area contributed by atoms with Crippen LogP contribution in [0.2, 0.25) is 0 Å². The van der Waals surface area contributed by atoms with E-state index < -0.39 is 0 Å². The molecule has 126 valence electrons. The smallest absolute Gasteiger partial charge is 0.191 e. The molecular weight excluding hydrogens is 272 g/mol. The van der Waals surface area contributed by atoms with Gasteiger partial charge in [0.1, 0.15) is 0 Å². The third-order valence-electron chi connectivity index (χ3n) is 4.72. The topological polar surface area (TPSA) is 39.7 Å². The fraction of sp³-hybridized carbons (Fsp3) is 0.833. The van der Waals surface area contributed by atoms with Gasteiger partial charge in [0.05, 0.1) is 0 Å². The molecule has 2 N–H and O–H groups in total. The van der Waals surface area contributed by atoms with Crippen molar-refractivity contribution in [3.8, 4) is 0 Å². The number of guanidine groups is 1. The van der Waals surface area contributed by atoms with Crippen LogP contribution in [0.15, 0.2) is 17.1 Å². The molecule has 1 fully saturated rings. The lowest BCUT2D eigenvalue weighted by Gasteiger charge is -2.30. The zero-order valence-electron chi connectivity index (χ0n) is 14.5. The fourth-order valence-corrected chi connectivity index (χ4v) is 3.17. The van der Waals surface area contributed by atoms with E-state index in [0.717, 1.165) is 37.8 Å². The molecule has 2 aliphatic rings. The SMILES string of the molecule is CCNC(=NCCCCN1CCC(C)CC1)NC1CC=CC1. The summed E-state index contributed by atoms with van der Waals surface area (Å²) in [6.07, 6.45) is 12.0. The lowest BCUT2D eigenvalue weighted by Crippen LogP contribution is -2.42. The Kier molecular flexibility index (Phi) is 7.78. The van der Waals surface area contributed by atoms with Gasteiger partial charge in [-0.2, -0.15) is 0 Å². The van der Waals surface area contributed by atoms with Crippen LogP contribution in [-0.4, -0.2) is 49.6 Å². The predicted molar refractivity (Wildman–Crippen MR) is 95.3 cm³/mol. The van der Waals surface area contributed by atoms with Gasteiger partial charge in [0, 0.05) is 19.1 Å². The molecule has 0 aromatic rings. The van der Waals surface area contributed by atoms with Crippen molar-refractivity contribution in [2.24, 2.45) is 10.9 Å². The van der Waals surface area contributed by atoms with E-state index in [1.807, 2.05) is 0 Å². The maximum absolute atomic E-state index is 4.72. The van der Waals surface area contributed by atoms with Crippen LogP contribution >= 0.6 is 0 Å². The maximum atomic E-state index is 4.72. The third kappa shape index (κ3) is 6.39. The summed E-state index contributed by atoms with van der Waals surface area (Å²) in [5.74, 6) is 1.92. The van der Waals surface area contributed by atoms with E-state index in [9.17, 15) is 0 Å². The first kappa shape index (κ1) is 17.3. The minimum Gasteiger partial charge on any atom is -0.357 e. The molecule has 2 rings (SSSR count). The van der Waals surface area contributed by atoms with Crippen molar-refractivity contribution in [3.05, 3.63) is 12.2 Å². The van der Waals surface area contributed by atoms with Crippen molar-refractivity contribution < 1.29 is 0 Å². The van der Waals surface area contributed by atoms with Gasteiger partial charge in [-0.1, -0.05) is 19.1 Å². The predicted octanol–water partition coefficient (Wildman–Crippen LogP) is 2.77. The van der Waals surface area contributed by atoms with E-state index in [0.29, 0.717) is 6.04 Å². The van der Waals surface area contributed by atoms with Gasteiger partial charge in [0.25, 0.3) is 0 Å². The molecule has 0 atom stereocenters. The van der Waals surface area contributed by atoms with Gasteiger partial charge in [0.2, 0.25) is 0 Å². The summed E-state index contributed by atoms with van der Waals surface area (Å²) < 4.78 is 0. The average molecular weight is 306 g/mol. The van der Waals surface area contributed by atoms with E-state index in [-0.39, 0.29) is 0 Å². The van der Waals surface area contributed by atoms with E-state index in [1.165, 1.54) is 45.3 Å². The summed E-state index contributed by atoms with van der Waals surface area (Å²) in [6, 6.07) is 0.535. The van der Waals surface area contributed by atoms with Crippen molar-refractivity contribution in [1.82, 2.24) is 15.5 Å². The molecule has 0 unspecified atom stereocenters. The van der Waals surface area contributed by atoms with Gasteiger partial charge in [-0.25, -0.2) is 0 Å². The first-order valence-corrected chi connectivity index (χ1v) is 9.20. The molecule has 1 saturated heterocycles. The molecule has 0 aromatic carbocycles. The number of unbranched alkanes of at least 4 members (excludes halogenated alkanes) is 1. The van der Waals surface area contributed by atoms with Crippen molar-refractivity contribution in [1.29, 1.82) is 0 Å². The number of nitrogens with one attached hydrogen (secondary N) is 2. The van der Waals surface area contributed by atoms with Crippen LogP contribution < -0.4 is 10.6 Å². The Bertz CT molecular complexity index is 348. The number of hydrogen-bond acceptors (Lipinski definition) is 2.